The van der Waals surface area contributed by atoms with Gasteiger partial charge >= 0.3 is 11.9 Å². The maximum absolute atomic E-state index is 10.4. The van der Waals surface area contributed by atoms with Gasteiger partial charge in [-0.2, -0.15) is 0 Å². The quantitative estimate of drug-likeness (QED) is 0.444. The molecule has 1 unspecified atom stereocenters. The molecule has 0 amide bonds. The van der Waals surface area contributed by atoms with E-state index >= 15 is 0 Å². The lowest BCUT2D eigenvalue weighted by Gasteiger charge is -2.05. The maximum atomic E-state index is 10.4. The summed E-state index contributed by atoms with van der Waals surface area (Å²) in [5.74, 6) is -3.76. The molecule has 0 bridgehead atoms. The van der Waals surface area contributed by atoms with Gasteiger partial charge in [-0.15, -0.1) is 0 Å². The molecule has 7 heteroatoms. The molecule has 0 aromatic heterocycles. The van der Waals surface area contributed by atoms with E-state index in [1.807, 2.05) is 0 Å². The summed E-state index contributed by atoms with van der Waals surface area (Å²) in [6.07, 6.45) is -0.836. The smallest absolute Gasteiger partial charge is 0.307 e. The van der Waals surface area contributed by atoms with Crippen molar-refractivity contribution in [3.63, 3.8) is 0 Å². The Bertz CT molecular complexity index is 225. The lowest BCUT2D eigenvalue weighted by atomic mass is 10.0. The number of hydrogen-bond donors (Lipinski definition) is 2. The molecule has 0 fully saturated rings. The fourth-order valence-corrected chi connectivity index (χ4v) is 0.785. The van der Waals surface area contributed by atoms with Gasteiger partial charge in [-0.3, -0.25) is 19.7 Å². The molecule has 0 aliphatic heterocycles. The molecule has 0 rings (SSSR count). The monoisotopic (exact) mass is 191 g/mol. The predicted octanol–water partition coefficient (Wildman–Crippen LogP) is -0.171. The number of hydrogen-bond acceptors (Lipinski definition) is 4. The highest BCUT2D eigenvalue weighted by molar-refractivity contribution is 5.77. The summed E-state index contributed by atoms with van der Waals surface area (Å²) in [4.78, 5) is 29.7. The average Bonchev–Trinajstić information content (AvgIpc) is 1.96. The predicted molar refractivity (Wildman–Crippen MR) is 39.9 cm³/mol. The van der Waals surface area contributed by atoms with Crippen molar-refractivity contribution >= 4 is 11.9 Å². The summed E-state index contributed by atoms with van der Waals surface area (Å²) >= 11 is 0. The van der Waals surface area contributed by atoms with Crippen molar-refractivity contribution in [2.75, 3.05) is 6.54 Å². The zero-order chi connectivity index (χ0) is 10.4. The Balaban J connectivity index is 4.02. The normalized spacial score (nSPS) is 12.0. The molecule has 0 radical (unpaired) electrons. The molecule has 0 heterocycles. The minimum absolute atomic E-state index is 0.255. The van der Waals surface area contributed by atoms with Crippen molar-refractivity contribution < 1.29 is 24.7 Å². The second-order valence-corrected chi connectivity index (χ2v) is 2.48. The first-order valence-corrected chi connectivity index (χ1v) is 3.50. The zero-order valence-electron chi connectivity index (χ0n) is 6.67. The lowest BCUT2D eigenvalue weighted by Crippen LogP contribution is -2.20. The van der Waals surface area contributed by atoms with E-state index in [4.69, 9.17) is 10.2 Å². The van der Waals surface area contributed by atoms with Crippen LogP contribution in [-0.2, 0) is 9.59 Å². The molecule has 2 N–H and O–H groups in total. The van der Waals surface area contributed by atoms with Crippen LogP contribution in [0.1, 0.15) is 12.8 Å². The first-order chi connectivity index (χ1) is 5.93. The molecule has 0 saturated heterocycles. The molecule has 0 aliphatic carbocycles. The van der Waals surface area contributed by atoms with Crippen molar-refractivity contribution in [2.45, 2.75) is 12.8 Å². The van der Waals surface area contributed by atoms with Gasteiger partial charge in [0.2, 0.25) is 6.54 Å². The van der Waals surface area contributed by atoms with Crippen LogP contribution < -0.4 is 0 Å². The second-order valence-electron chi connectivity index (χ2n) is 2.48. The van der Waals surface area contributed by atoms with Crippen molar-refractivity contribution in [3.05, 3.63) is 10.1 Å². The molecular weight excluding hydrogens is 182 g/mol. The van der Waals surface area contributed by atoms with Crippen molar-refractivity contribution in [3.8, 4) is 0 Å². The van der Waals surface area contributed by atoms with Gasteiger partial charge in [-0.05, 0) is 0 Å². The highest BCUT2D eigenvalue weighted by Crippen LogP contribution is 2.08. The highest BCUT2D eigenvalue weighted by atomic mass is 16.6. The molecule has 1 atom stereocenters. The Kier molecular flexibility index (Phi) is 4.42. The number of carboxylic acid groups (broad SMARTS) is 2. The third-order valence-corrected chi connectivity index (χ3v) is 1.43. The standard InChI is InChI=1S/C6H9NO6/c8-5(9)3-4(6(10)11)1-2-7(12)13/h4H,1-3H2,(H,8,9)(H,10,11). The summed E-state index contributed by atoms with van der Waals surface area (Å²) in [7, 11) is 0. The largest absolute Gasteiger partial charge is 0.481 e. The topological polar surface area (TPSA) is 118 Å². The molecule has 0 spiro atoms. The average molecular weight is 191 g/mol. The Morgan fingerprint density at radius 2 is 1.92 bits per heavy atom. The van der Waals surface area contributed by atoms with Crippen LogP contribution in [0.2, 0.25) is 0 Å². The van der Waals surface area contributed by atoms with Gasteiger partial charge in [-0.25, -0.2) is 0 Å². The Morgan fingerprint density at radius 1 is 1.38 bits per heavy atom. The first kappa shape index (κ1) is 11.3. The Morgan fingerprint density at radius 3 is 2.23 bits per heavy atom. The van der Waals surface area contributed by atoms with E-state index in [1.165, 1.54) is 0 Å². The molecular formula is C6H9NO6. The van der Waals surface area contributed by atoms with Crippen molar-refractivity contribution in [1.29, 1.82) is 0 Å². The molecule has 0 saturated carbocycles. The fraction of sp³-hybridized carbons (Fsp3) is 0.667. The lowest BCUT2D eigenvalue weighted by molar-refractivity contribution is -0.481. The third kappa shape index (κ3) is 5.59. The minimum atomic E-state index is -1.32. The number of aliphatic carboxylic acids is 2. The van der Waals surface area contributed by atoms with Crippen LogP contribution in [0.4, 0.5) is 0 Å². The maximum Gasteiger partial charge on any atom is 0.307 e. The van der Waals surface area contributed by atoms with Crippen LogP contribution in [0.5, 0.6) is 0 Å². The SMILES string of the molecule is O=C(O)CC(CC[N+](=O)[O-])C(=O)O. The summed E-state index contributed by atoms with van der Waals surface area (Å²) < 4.78 is 0. The number of carboxylic acids is 2. The molecule has 74 valence electrons. The summed E-state index contributed by atoms with van der Waals surface area (Å²) in [5, 5.41) is 26.6. The number of nitro groups is 1. The van der Waals surface area contributed by atoms with Gasteiger partial charge in [0.05, 0.1) is 12.3 Å². The van der Waals surface area contributed by atoms with Crippen LogP contribution in [0, 0.1) is 16.0 Å². The molecule has 0 aromatic carbocycles. The van der Waals surface area contributed by atoms with Gasteiger partial charge in [0.25, 0.3) is 0 Å². The summed E-state index contributed by atoms with van der Waals surface area (Å²) in [6.45, 7) is -0.524. The van der Waals surface area contributed by atoms with Crippen LogP contribution in [0.15, 0.2) is 0 Å². The highest BCUT2D eigenvalue weighted by Gasteiger charge is 2.22. The third-order valence-electron chi connectivity index (χ3n) is 1.43. The first-order valence-electron chi connectivity index (χ1n) is 3.50. The second kappa shape index (κ2) is 5.07. The molecule has 7 nitrogen and oxygen atoms in total. The molecule has 0 aromatic rings. The van der Waals surface area contributed by atoms with E-state index in [9.17, 15) is 19.7 Å². The molecule has 0 aliphatic rings. The van der Waals surface area contributed by atoms with Crippen LogP contribution >= 0.6 is 0 Å². The summed E-state index contributed by atoms with van der Waals surface area (Å²) in [5.41, 5.74) is 0. The van der Waals surface area contributed by atoms with Gasteiger partial charge in [0.1, 0.15) is 0 Å². The van der Waals surface area contributed by atoms with Gasteiger partial charge in [0.15, 0.2) is 0 Å². The van der Waals surface area contributed by atoms with Gasteiger partial charge in [-0.1, -0.05) is 0 Å². The zero-order valence-corrected chi connectivity index (χ0v) is 6.67. The van der Waals surface area contributed by atoms with Crippen LogP contribution in [0.25, 0.3) is 0 Å². The van der Waals surface area contributed by atoms with Crippen molar-refractivity contribution in [2.24, 2.45) is 5.92 Å². The van der Waals surface area contributed by atoms with Crippen molar-refractivity contribution in [1.82, 2.24) is 0 Å². The number of rotatable bonds is 6. The van der Waals surface area contributed by atoms with Crippen LogP contribution in [-0.4, -0.2) is 33.6 Å². The van der Waals surface area contributed by atoms with E-state index in [0.29, 0.717) is 0 Å². The van der Waals surface area contributed by atoms with Gasteiger partial charge in [0, 0.05) is 11.3 Å². The van der Waals surface area contributed by atoms with E-state index < -0.39 is 35.7 Å². The summed E-state index contributed by atoms with van der Waals surface area (Å²) in [6, 6.07) is 0. The Hall–Kier alpha value is -1.66. The number of carbonyl (C=O) groups is 2. The van der Waals surface area contributed by atoms with Gasteiger partial charge < -0.3 is 10.2 Å². The minimum Gasteiger partial charge on any atom is -0.481 e. The fourth-order valence-electron chi connectivity index (χ4n) is 0.785. The van der Waals surface area contributed by atoms with Crippen LogP contribution in [0.3, 0.4) is 0 Å². The molecule has 13 heavy (non-hydrogen) atoms. The Labute approximate surface area is 73.1 Å². The van der Waals surface area contributed by atoms with E-state index in [0.717, 1.165) is 0 Å². The van der Waals surface area contributed by atoms with E-state index in [1.54, 1.807) is 0 Å². The van der Waals surface area contributed by atoms with E-state index in [2.05, 4.69) is 0 Å². The van der Waals surface area contributed by atoms with E-state index in [-0.39, 0.29) is 6.42 Å². The number of nitrogens with zero attached hydrogens (tertiary/aromatic N) is 1.